The SMILES string of the molecule is CC1(C)c2ccccc2-c2ccc(-c3cccc4c3[se]c3ccc(-c5cc(-c6cccc(-c7ccccc7)c6)cc(-c6ccc7c(c6)c6cc(-c8ccccc8)ccc6n7-c6ccccc6)c5)cc34)cc21. The minimum atomic E-state index is -0.0438. The molecule has 13 aromatic rings. The van der Waals surface area contributed by atoms with Crippen LogP contribution >= 0.6 is 0 Å². The molecular formula is C69H47NSe. The van der Waals surface area contributed by atoms with Crippen LogP contribution in [0, 0.1) is 0 Å². The van der Waals surface area contributed by atoms with Gasteiger partial charge in [0, 0.05) is 5.69 Å². The van der Waals surface area contributed by atoms with Crippen molar-refractivity contribution in [1.29, 1.82) is 0 Å². The molecule has 0 unspecified atom stereocenters. The maximum atomic E-state index is 2.48. The minimum absolute atomic E-state index is 0.0438. The Morgan fingerprint density at radius 3 is 1.42 bits per heavy atom. The van der Waals surface area contributed by atoms with Crippen molar-refractivity contribution in [3.63, 3.8) is 0 Å². The summed E-state index contributed by atoms with van der Waals surface area (Å²) in [6.07, 6.45) is 0. The monoisotopic (exact) mass is 969 g/mol. The second-order valence-corrected chi connectivity index (χ2v) is 21.9. The third-order valence-electron chi connectivity index (χ3n) is 15.2. The van der Waals surface area contributed by atoms with E-state index in [0.717, 1.165) is 5.69 Å². The summed E-state index contributed by atoms with van der Waals surface area (Å²) < 4.78 is 5.34. The fourth-order valence-electron chi connectivity index (χ4n) is 11.6. The van der Waals surface area contributed by atoms with Crippen molar-refractivity contribution in [3.05, 3.63) is 260 Å². The van der Waals surface area contributed by atoms with Crippen LogP contribution in [0.15, 0.2) is 249 Å². The molecule has 14 rings (SSSR count). The number of fused-ring (bicyclic) bond motifs is 9. The zero-order valence-corrected chi connectivity index (χ0v) is 41.2. The topological polar surface area (TPSA) is 4.93 Å². The van der Waals surface area contributed by atoms with Crippen LogP contribution < -0.4 is 0 Å². The molecule has 71 heavy (non-hydrogen) atoms. The molecule has 0 atom stereocenters. The van der Waals surface area contributed by atoms with Crippen molar-refractivity contribution in [1.82, 2.24) is 4.57 Å². The quantitative estimate of drug-likeness (QED) is 0.140. The normalized spacial score (nSPS) is 12.8. The second kappa shape index (κ2) is 16.4. The Morgan fingerprint density at radius 1 is 0.296 bits per heavy atom. The Morgan fingerprint density at radius 2 is 0.761 bits per heavy atom. The van der Waals surface area contributed by atoms with E-state index >= 15 is 0 Å². The third-order valence-corrected chi connectivity index (χ3v) is 17.7. The van der Waals surface area contributed by atoms with Crippen LogP contribution in [0.5, 0.6) is 0 Å². The van der Waals surface area contributed by atoms with Gasteiger partial charge in [0.2, 0.25) is 0 Å². The van der Waals surface area contributed by atoms with Crippen molar-refractivity contribution < 1.29 is 0 Å². The van der Waals surface area contributed by atoms with Gasteiger partial charge in [-0.15, -0.1) is 0 Å². The standard InChI is InChI=1S/C69H47NSe/c1-69(2)63-27-13-12-24-57(63)58-32-28-51(43-64(58)69)56-25-15-26-59-62-42-50(31-35-67(62)71-68(56)59)54-38-52(47-21-14-20-46(36-47)44-16-6-3-7-17-44)37-53(39-54)49-30-34-66-61(41-49)60-40-48(45-18-8-4-9-19-45)29-33-65(60)70(66)55-22-10-5-11-23-55/h3-43H,1-2H3. The van der Waals surface area contributed by atoms with Crippen molar-refractivity contribution in [2.45, 2.75) is 19.3 Å². The van der Waals surface area contributed by atoms with Crippen molar-refractivity contribution in [3.8, 4) is 83.6 Å². The number of hydrogen-bond donors (Lipinski definition) is 0. The van der Waals surface area contributed by atoms with Gasteiger partial charge in [-0.2, -0.15) is 0 Å². The maximum absolute atomic E-state index is 2.48. The van der Waals surface area contributed by atoms with E-state index in [1.807, 2.05) is 0 Å². The van der Waals surface area contributed by atoms with E-state index in [9.17, 15) is 0 Å². The van der Waals surface area contributed by atoms with Gasteiger partial charge in [-0.05, 0) is 29.3 Å². The summed E-state index contributed by atoms with van der Waals surface area (Å²) in [6, 6.07) is 92.9. The van der Waals surface area contributed by atoms with Gasteiger partial charge in [0.15, 0.2) is 0 Å². The van der Waals surface area contributed by atoms with Crippen LogP contribution in [0.2, 0.25) is 0 Å². The average Bonchev–Trinajstić information content (AvgIpc) is 4.06. The van der Waals surface area contributed by atoms with Gasteiger partial charge in [-0.25, -0.2) is 0 Å². The van der Waals surface area contributed by atoms with E-state index < -0.39 is 0 Å². The van der Waals surface area contributed by atoms with Gasteiger partial charge in [-0.3, -0.25) is 0 Å². The number of hydrogen-bond acceptors (Lipinski definition) is 0. The first-order valence-corrected chi connectivity index (χ1v) is 26.4. The average molecular weight is 969 g/mol. The molecule has 0 N–H and O–H groups in total. The molecule has 1 aliphatic rings. The first-order valence-electron chi connectivity index (χ1n) is 24.6. The summed E-state index contributed by atoms with van der Waals surface area (Å²) in [4.78, 5) is 0. The van der Waals surface area contributed by atoms with E-state index in [0.29, 0.717) is 0 Å². The Kier molecular flexibility index (Phi) is 9.65. The van der Waals surface area contributed by atoms with E-state index in [1.165, 1.54) is 130 Å². The van der Waals surface area contributed by atoms with Crippen LogP contribution in [0.3, 0.4) is 0 Å². The predicted octanol–water partition coefficient (Wildman–Crippen LogP) is 18.5. The van der Waals surface area contributed by atoms with Crippen LogP contribution in [0.1, 0.15) is 25.0 Å². The molecule has 0 bridgehead atoms. The summed E-state index contributed by atoms with van der Waals surface area (Å²) in [5.41, 5.74) is 23.8. The zero-order chi connectivity index (χ0) is 47.2. The number of para-hydroxylation sites is 1. The fourth-order valence-corrected chi connectivity index (χ4v) is 14.1. The summed E-state index contributed by atoms with van der Waals surface area (Å²) in [5.74, 6) is 0. The number of rotatable bonds is 7. The van der Waals surface area contributed by atoms with Crippen LogP contribution in [-0.4, -0.2) is 19.1 Å². The van der Waals surface area contributed by atoms with Gasteiger partial charge in [0.05, 0.1) is 0 Å². The van der Waals surface area contributed by atoms with E-state index in [4.69, 9.17) is 0 Å². The Hall–Kier alpha value is -8.26. The molecule has 2 heterocycles. The first-order chi connectivity index (χ1) is 34.9. The molecule has 2 heteroatoms. The molecule has 0 aliphatic heterocycles. The Labute approximate surface area is 420 Å². The van der Waals surface area contributed by atoms with Crippen LogP contribution in [0.25, 0.3) is 125 Å². The molecule has 334 valence electrons. The van der Waals surface area contributed by atoms with Crippen molar-refractivity contribution in [2.24, 2.45) is 0 Å². The second-order valence-electron chi connectivity index (χ2n) is 19.7. The molecule has 0 saturated carbocycles. The molecule has 0 amide bonds. The third kappa shape index (κ3) is 6.90. The fraction of sp³-hybridized carbons (Fsp3) is 0.0435. The molecular weight excluding hydrogens is 922 g/mol. The van der Waals surface area contributed by atoms with Gasteiger partial charge < -0.3 is 0 Å². The molecule has 11 aromatic carbocycles. The van der Waals surface area contributed by atoms with Gasteiger partial charge in [0.25, 0.3) is 0 Å². The summed E-state index contributed by atoms with van der Waals surface area (Å²) in [6.45, 7) is 4.76. The van der Waals surface area contributed by atoms with E-state index in [1.54, 1.807) is 0 Å². The summed E-state index contributed by atoms with van der Waals surface area (Å²) in [7, 11) is 0. The van der Waals surface area contributed by atoms with Gasteiger partial charge in [-0.1, -0.05) is 72.8 Å². The summed E-state index contributed by atoms with van der Waals surface area (Å²) in [5, 5.41) is 5.20. The molecule has 0 saturated heterocycles. The summed E-state index contributed by atoms with van der Waals surface area (Å²) >= 11 is 0.177. The van der Waals surface area contributed by atoms with Crippen molar-refractivity contribution in [2.75, 3.05) is 0 Å². The van der Waals surface area contributed by atoms with E-state index in [-0.39, 0.29) is 19.9 Å². The number of nitrogens with zero attached hydrogens (tertiary/aromatic N) is 1. The number of benzene rings is 11. The van der Waals surface area contributed by atoms with Crippen LogP contribution in [-0.2, 0) is 5.41 Å². The zero-order valence-electron chi connectivity index (χ0n) is 39.5. The number of aromatic nitrogens is 1. The molecule has 0 fully saturated rings. The Balaban J connectivity index is 0.934. The molecule has 1 nitrogen and oxygen atoms in total. The molecule has 0 spiro atoms. The van der Waals surface area contributed by atoms with Crippen molar-refractivity contribution >= 4 is 55.6 Å². The molecule has 2 aromatic heterocycles. The molecule has 1 aliphatic carbocycles. The molecule has 0 radical (unpaired) electrons. The van der Waals surface area contributed by atoms with Gasteiger partial charge in [0.1, 0.15) is 0 Å². The van der Waals surface area contributed by atoms with Crippen LogP contribution in [0.4, 0.5) is 0 Å². The van der Waals surface area contributed by atoms with E-state index in [2.05, 4.69) is 267 Å². The first kappa shape index (κ1) is 41.7. The predicted molar refractivity (Wildman–Crippen MR) is 303 cm³/mol. The van der Waals surface area contributed by atoms with Gasteiger partial charge >= 0.3 is 315 Å². The Bertz CT molecular complexity index is 4230.